The molecule has 1 heterocycles. The summed E-state index contributed by atoms with van der Waals surface area (Å²) in [5.41, 5.74) is 2.63. The van der Waals surface area contributed by atoms with Crippen molar-refractivity contribution < 1.29 is 19.4 Å². The van der Waals surface area contributed by atoms with Crippen LogP contribution in [0.2, 0.25) is 0 Å². The smallest absolute Gasteiger partial charge is 0.251 e. The van der Waals surface area contributed by atoms with Gasteiger partial charge in [-0.05, 0) is 30.8 Å². The fraction of sp³-hybridized carbons (Fsp3) is 0.190. The van der Waals surface area contributed by atoms with Crippen LogP contribution in [-0.2, 0) is 16.1 Å². The van der Waals surface area contributed by atoms with Crippen LogP contribution in [0.5, 0.6) is 5.75 Å². The summed E-state index contributed by atoms with van der Waals surface area (Å²) >= 11 is 5.26. The molecular weight excluding hydrogens is 390 g/mol. The van der Waals surface area contributed by atoms with Crippen molar-refractivity contribution in [2.24, 2.45) is 0 Å². The summed E-state index contributed by atoms with van der Waals surface area (Å²) in [6, 6.07) is 15.9. The molecule has 0 bridgehead atoms. The van der Waals surface area contributed by atoms with Crippen LogP contribution < -0.4 is 25.8 Å². The average Bonchev–Trinajstić information content (AvgIpc) is 2.71. The van der Waals surface area contributed by atoms with Crippen LogP contribution in [0.4, 0.5) is 0 Å². The molecule has 0 aliphatic carbocycles. The number of nitrogens with one attached hydrogen (secondary N) is 3. The number of ether oxygens (including phenoxy) is 1. The highest BCUT2D eigenvalue weighted by Crippen LogP contribution is 2.33. The summed E-state index contributed by atoms with van der Waals surface area (Å²) in [5.74, 6) is -1.27. The van der Waals surface area contributed by atoms with Crippen molar-refractivity contribution in [2.75, 3.05) is 6.61 Å². The minimum Gasteiger partial charge on any atom is -0.546 e. The number of benzene rings is 2. The number of hydrogen-bond acceptors (Lipinski definition) is 5. The Bertz CT molecular complexity index is 959. The lowest BCUT2D eigenvalue weighted by molar-refractivity contribution is -0.307. The highest BCUT2D eigenvalue weighted by molar-refractivity contribution is 7.80. The maximum atomic E-state index is 13.0. The van der Waals surface area contributed by atoms with Crippen molar-refractivity contribution in [1.29, 1.82) is 0 Å². The van der Waals surface area contributed by atoms with Crippen LogP contribution in [0, 0.1) is 0 Å². The van der Waals surface area contributed by atoms with E-state index in [0.717, 1.165) is 5.56 Å². The Morgan fingerprint density at radius 1 is 1.14 bits per heavy atom. The SMILES string of the molecule is CC1=C(C(=O)NCc2ccccc2)[C@@H](c2ccccc2OCC(=O)[O-])NC(=S)N1. The van der Waals surface area contributed by atoms with Crippen LogP contribution in [0.15, 0.2) is 65.9 Å². The van der Waals surface area contributed by atoms with E-state index in [1.54, 1.807) is 31.2 Å². The van der Waals surface area contributed by atoms with Crippen molar-refractivity contribution in [3.8, 4) is 5.75 Å². The Morgan fingerprint density at radius 2 is 1.83 bits per heavy atom. The van der Waals surface area contributed by atoms with Crippen LogP contribution in [0.3, 0.4) is 0 Å². The molecule has 2 aromatic carbocycles. The second-order valence-corrected chi connectivity index (χ2v) is 6.85. The summed E-state index contributed by atoms with van der Waals surface area (Å²) in [5, 5.41) is 20.1. The molecule has 1 aliphatic heterocycles. The van der Waals surface area contributed by atoms with Crippen LogP contribution >= 0.6 is 12.2 Å². The predicted octanol–water partition coefficient (Wildman–Crippen LogP) is 0.924. The topological polar surface area (TPSA) is 103 Å². The standard InChI is InChI=1S/C21H21N3O4S/c1-13-18(20(27)22-11-14-7-3-2-4-8-14)19(24-21(29)23-13)15-9-5-6-10-16(15)28-12-17(25)26/h2-10,19H,11-12H2,1H3,(H,22,27)(H,25,26)(H2,23,24,29)/p-1/t19-/m1/s1. The summed E-state index contributed by atoms with van der Waals surface area (Å²) in [4.78, 5) is 23.8. The molecule has 3 N–H and O–H groups in total. The summed E-state index contributed by atoms with van der Waals surface area (Å²) in [7, 11) is 0. The van der Waals surface area contributed by atoms with Gasteiger partial charge in [-0.3, -0.25) is 4.79 Å². The van der Waals surface area contributed by atoms with Gasteiger partial charge in [0.05, 0.1) is 17.6 Å². The van der Waals surface area contributed by atoms with E-state index in [1.165, 1.54) is 0 Å². The Morgan fingerprint density at radius 3 is 2.55 bits per heavy atom. The molecule has 150 valence electrons. The zero-order chi connectivity index (χ0) is 20.8. The van der Waals surface area contributed by atoms with E-state index in [9.17, 15) is 14.7 Å². The zero-order valence-electron chi connectivity index (χ0n) is 15.7. The minimum absolute atomic E-state index is 0.270. The lowest BCUT2D eigenvalue weighted by Gasteiger charge is -2.31. The molecule has 0 aromatic heterocycles. The van der Waals surface area contributed by atoms with Gasteiger partial charge < -0.3 is 30.6 Å². The van der Waals surface area contributed by atoms with Crippen molar-refractivity contribution in [1.82, 2.24) is 16.0 Å². The molecule has 29 heavy (non-hydrogen) atoms. The number of carboxylic acids is 1. The molecule has 1 aliphatic rings. The number of allylic oxidation sites excluding steroid dienone is 1. The summed E-state index contributed by atoms with van der Waals surface area (Å²) < 4.78 is 5.36. The van der Waals surface area contributed by atoms with Gasteiger partial charge in [-0.1, -0.05) is 48.5 Å². The molecule has 2 aromatic rings. The molecule has 0 unspecified atom stereocenters. The Labute approximate surface area is 173 Å². The summed E-state index contributed by atoms with van der Waals surface area (Å²) in [6.07, 6.45) is 0. The lowest BCUT2D eigenvalue weighted by Crippen LogP contribution is -2.46. The van der Waals surface area contributed by atoms with E-state index >= 15 is 0 Å². The molecule has 0 radical (unpaired) electrons. The Hall–Kier alpha value is -3.39. The van der Waals surface area contributed by atoms with Gasteiger partial charge in [0, 0.05) is 17.8 Å². The molecule has 0 spiro atoms. The molecule has 7 nitrogen and oxygen atoms in total. The summed E-state index contributed by atoms with van der Waals surface area (Å²) in [6.45, 7) is 1.54. The van der Waals surface area contributed by atoms with E-state index < -0.39 is 18.6 Å². The number of amides is 1. The van der Waals surface area contributed by atoms with Gasteiger partial charge in [-0.25, -0.2) is 0 Å². The number of para-hydroxylation sites is 1. The number of carboxylic acid groups (broad SMARTS) is 1. The molecule has 1 amide bonds. The molecule has 1 atom stereocenters. The average molecular weight is 410 g/mol. The zero-order valence-corrected chi connectivity index (χ0v) is 16.5. The fourth-order valence-corrected chi connectivity index (χ4v) is 3.36. The fourth-order valence-electron chi connectivity index (χ4n) is 3.09. The van der Waals surface area contributed by atoms with Gasteiger partial charge in [-0.15, -0.1) is 0 Å². The first-order valence-electron chi connectivity index (χ1n) is 8.97. The molecule has 8 heteroatoms. The van der Waals surface area contributed by atoms with Crippen molar-refractivity contribution in [3.05, 3.63) is 77.0 Å². The number of rotatable bonds is 7. The highest BCUT2D eigenvalue weighted by Gasteiger charge is 2.31. The third kappa shape index (κ3) is 5.11. The highest BCUT2D eigenvalue weighted by atomic mass is 32.1. The molecule has 3 rings (SSSR count). The number of hydrogen-bond donors (Lipinski definition) is 3. The Balaban J connectivity index is 1.88. The molecule has 0 saturated heterocycles. The van der Waals surface area contributed by atoms with Gasteiger partial charge in [-0.2, -0.15) is 0 Å². The van der Waals surface area contributed by atoms with Gasteiger partial charge in [0.25, 0.3) is 5.91 Å². The van der Waals surface area contributed by atoms with Crippen molar-refractivity contribution in [2.45, 2.75) is 19.5 Å². The normalized spacial score (nSPS) is 15.9. The maximum absolute atomic E-state index is 13.0. The molecule has 0 saturated carbocycles. The quantitative estimate of drug-likeness (QED) is 0.584. The number of aliphatic carboxylic acids is 1. The van der Waals surface area contributed by atoms with E-state index in [0.29, 0.717) is 34.2 Å². The first kappa shape index (κ1) is 20.3. The predicted molar refractivity (Wildman–Crippen MR) is 110 cm³/mol. The van der Waals surface area contributed by atoms with Gasteiger partial charge in [0.1, 0.15) is 12.4 Å². The van der Waals surface area contributed by atoms with Gasteiger partial charge >= 0.3 is 0 Å². The monoisotopic (exact) mass is 410 g/mol. The van der Waals surface area contributed by atoms with Gasteiger partial charge in [0.15, 0.2) is 5.11 Å². The third-order valence-corrected chi connectivity index (χ3v) is 4.61. The van der Waals surface area contributed by atoms with Crippen LogP contribution in [0.25, 0.3) is 0 Å². The third-order valence-electron chi connectivity index (χ3n) is 4.39. The Kier molecular flexibility index (Phi) is 6.46. The molecule has 0 fully saturated rings. The van der Waals surface area contributed by atoms with E-state index in [1.807, 2.05) is 30.3 Å². The van der Waals surface area contributed by atoms with E-state index in [4.69, 9.17) is 17.0 Å². The number of carbonyl (C=O) groups excluding carboxylic acids is 2. The number of carbonyl (C=O) groups is 2. The second-order valence-electron chi connectivity index (χ2n) is 6.44. The van der Waals surface area contributed by atoms with Gasteiger partial charge in [0.2, 0.25) is 0 Å². The van der Waals surface area contributed by atoms with Crippen molar-refractivity contribution >= 4 is 29.2 Å². The van der Waals surface area contributed by atoms with Crippen molar-refractivity contribution in [3.63, 3.8) is 0 Å². The van der Waals surface area contributed by atoms with Crippen LogP contribution in [-0.4, -0.2) is 23.6 Å². The van der Waals surface area contributed by atoms with Crippen LogP contribution in [0.1, 0.15) is 24.1 Å². The largest absolute Gasteiger partial charge is 0.546 e. The van der Waals surface area contributed by atoms with E-state index in [-0.39, 0.29) is 5.91 Å². The van der Waals surface area contributed by atoms with E-state index in [2.05, 4.69) is 16.0 Å². The molecular formula is C21H20N3O4S-. The minimum atomic E-state index is -1.33. The first-order valence-corrected chi connectivity index (χ1v) is 9.38. The first-order chi connectivity index (χ1) is 14.0. The number of thiocarbonyl (C=S) groups is 1. The lowest BCUT2D eigenvalue weighted by atomic mass is 9.94. The second kappa shape index (κ2) is 9.20. The maximum Gasteiger partial charge on any atom is 0.251 e.